The van der Waals surface area contributed by atoms with E-state index in [-0.39, 0.29) is 12.5 Å². The summed E-state index contributed by atoms with van der Waals surface area (Å²) in [6.45, 7) is 0.631. The Labute approximate surface area is 121 Å². The van der Waals surface area contributed by atoms with E-state index in [0.717, 1.165) is 5.56 Å². The van der Waals surface area contributed by atoms with E-state index in [4.69, 9.17) is 4.74 Å². The molecule has 0 fully saturated rings. The third-order valence-corrected chi connectivity index (χ3v) is 4.32. The van der Waals surface area contributed by atoms with Crippen LogP contribution >= 0.6 is 11.3 Å². The van der Waals surface area contributed by atoms with Crippen molar-refractivity contribution in [3.8, 4) is 5.75 Å². The zero-order valence-corrected chi connectivity index (χ0v) is 11.7. The maximum atomic E-state index is 12.0. The molecule has 2 N–H and O–H groups in total. The smallest absolute Gasteiger partial charge is 0.261 e. The topological polar surface area (TPSA) is 58.6 Å². The van der Waals surface area contributed by atoms with Crippen LogP contribution in [0.1, 0.15) is 21.7 Å². The lowest BCUT2D eigenvalue weighted by molar-refractivity contribution is -0.00157. The van der Waals surface area contributed by atoms with Crippen molar-refractivity contribution >= 4 is 17.2 Å². The lowest BCUT2D eigenvalue weighted by atomic mass is 9.88. The summed E-state index contributed by atoms with van der Waals surface area (Å²) in [7, 11) is 0. The van der Waals surface area contributed by atoms with Crippen LogP contribution in [0, 0.1) is 0 Å². The molecule has 1 aliphatic heterocycles. The predicted octanol–water partition coefficient (Wildman–Crippen LogP) is 2.15. The van der Waals surface area contributed by atoms with Gasteiger partial charge in [0.25, 0.3) is 5.91 Å². The van der Waals surface area contributed by atoms with Crippen LogP contribution in [0.5, 0.6) is 5.75 Å². The van der Waals surface area contributed by atoms with Gasteiger partial charge < -0.3 is 15.2 Å². The number of para-hydroxylation sites is 1. The Kier molecular flexibility index (Phi) is 3.46. The third-order valence-electron chi connectivity index (χ3n) is 3.45. The van der Waals surface area contributed by atoms with Crippen molar-refractivity contribution in [1.29, 1.82) is 0 Å². The summed E-state index contributed by atoms with van der Waals surface area (Å²) < 4.78 is 5.53. The number of ether oxygens (including phenoxy) is 1. The number of carbonyl (C=O) groups excluding carboxylic acids is 1. The van der Waals surface area contributed by atoms with E-state index < -0.39 is 5.60 Å². The number of aliphatic hydroxyl groups is 1. The highest BCUT2D eigenvalue weighted by molar-refractivity contribution is 7.12. The van der Waals surface area contributed by atoms with Gasteiger partial charge in [0.2, 0.25) is 0 Å². The highest BCUT2D eigenvalue weighted by Gasteiger charge is 2.35. The first-order valence-electron chi connectivity index (χ1n) is 6.45. The molecule has 3 rings (SSSR count). The molecule has 0 unspecified atom stereocenters. The normalized spacial score (nSPS) is 20.9. The van der Waals surface area contributed by atoms with Crippen LogP contribution in [0.2, 0.25) is 0 Å². The Morgan fingerprint density at radius 2 is 2.20 bits per heavy atom. The maximum Gasteiger partial charge on any atom is 0.261 e. The molecule has 0 bridgehead atoms. The van der Waals surface area contributed by atoms with Crippen molar-refractivity contribution in [1.82, 2.24) is 5.32 Å². The zero-order chi connectivity index (χ0) is 14.0. The molecule has 2 heterocycles. The van der Waals surface area contributed by atoms with Gasteiger partial charge in [-0.05, 0) is 17.5 Å². The second-order valence-electron chi connectivity index (χ2n) is 4.79. The Balaban J connectivity index is 1.76. The lowest BCUT2D eigenvalue weighted by Crippen LogP contribution is -2.43. The summed E-state index contributed by atoms with van der Waals surface area (Å²) in [4.78, 5) is 12.6. The van der Waals surface area contributed by atoms with E-state index in [1.54, 1.807) is 6.07 Å². The molecule has 1 amide bonds. The second kappa shape index (κ2) is 5.26. The average molecular weight is 289 g/mol. The third kappa shape index (κ3) is 2.42. The van der Waals surface area contributed by atoms with Gasteiger partial charge in [0.05, 0.1) is 18.0 Å². The minimum atomic E-state index is -1.07. The van der Waals surface area contributed by atoms with Crippen molar-refractivity contribution < 1.29 is 14.6 Å². The molecule has 1 aliphatic rings. The van der Waals surface area contributed by atoms with Crippen molar-refractivity contribution in [3.05, 3.63) is 52.2 Å². The molecule has 0 radical (unpaired) electrons. The first kappa shape index (κ1) is 13.1. The van der Waals surface area contributed by atoms with Gasteiger partial charge in [0.15, 0.2) is 0 Å². The number of carbonyl (C=O) groups is 1. The number of nitrogens with one attached hydrogen (secondary N) is 1. The van der Waals surface area contributed by atoms with Crippen LogP contribution in [0.15, 0.2) is 41.8 Å². The summed E-state index contributed by atoms with van der Waals surface area (Å²) in [5.41, 5.74) is -0.334. The number of benzene rings is 1. The Morgan fingerprint density at radius 1 is 1.35 bits per heavy atom. The van der Waals surface area contributed by atoms with E-state index in [0.29, 0.717) is 23.7 Å². The van der Waals surface area contributed by atoms with E-state index >= 15 is 0 Å². The number of thiophene rings is 1. The minimum absolute atomic E-state index is 0.155. The van der Waals surface area contributed by atoms with Crippen LogP contribution in [0.25, 0.3) is 0 Å². The molecule has 1 aromatic heterocycles. The first-order valence-corrected chi connectivity index (χ1v) is 7.33. The first-order chi connectivity index (χ1) is 9.69. The summed E-state index contributed by atoms with van der Waals surface area (Å²) in [5.74, 6) is 0.532. The molecule has 1 atom stereocenters. The Morgan fingerprint density at radius 3 is 3.00 bits per heavy atom. The highest BCUT2D eigenvalue weighted by atomic mass is 32.1. The summed E-state index contributed by atoms with van der Waals surface area (Å²) >= 11 is 1.38. The fraction of sp³-hybridized carbons (Fsp3) is 0.267. The summed E-state index contributed by atoms with van der Waals surface area (Å²) in [6.07, 6.45) is 0.467. The van der Waals surface area contributed by atoms with Gasteiger partial charge in [-0.25, -0.2) is 0 Å². The van der Waals surface area contributed by atoms with Crippen LogP contribution < -0.4 is 10.1 Å². The van der Waals surface area contributed by atoms with Crippen LogP contribution in [-0.2, 0) is 5.60 Å². The van der Waals surface area contributed by atoms with Gasteiger partial charge in [-0.3, -0.25) is 4.79 Å². The van der Waals surface area contributed by atoms with Gasteiger partial charge in [-0.2, -0.15) is 0 Å². The van der Waals surface area contributed by atoms with Crippen LogP contribution in [-0.4, -0.2) is 24.2 Å². The molecule has 1 aromatic carbocycles. The molecule has 0 spiro atoms. The van der Waals surface area contributed by atoms with Gasteiger partial charge in [0, 0.05) is 12.0 Å². The van der Waals surface area contributed by atoms with Gasteiger partial charge in [0.1, 0.15) is 11.4 Å². The van der Waals surface area contributed by atoms with Crippen LogP contribution in [0.3, 0.4) is 0 Å². The number of hydrogen-bond donors (Lipinski definition) is 2. The molecule has 4 nitrogen and oxygen atoms in total. The standard InChI is InChI=1S/C15H15NO3S/c17-14(13-6-3-9-20-13)16-10-15(18)7-8-19-12-5-2-1-4-11(12)15/h1-6,9,18H,7-8,10H2,(H,16,17)/t15-/m1/s1. The summed E-state index contributed by atoms with van der Waals surface area (Å²) in [6, 6.07) is 11.0. The number of amides is 1. The molecular formula is C15H15NO3S. The molecular weight excluding hydrogens is 274 g/mol. The Hall–Kier alpha value is -1.85. The molecule has 20 heavy (non-hydrogen) atoms. The van der Waals surface area contributed by atoms with E-state index in [9.17, 15) is 9.90 Å². The number of hydrogen-bond acceptors (Lipinski definition) is 4. The minimum Gasteiger partial charge on any atom is -0.493 e. The average Bonchev–Trinajstić information content (AvgIpc) is 3.00. The Bertz CT molecular complexity index is 611. The quantitative estimate of drug-likeness (QED) is 0.910. The van der Waals surface area contributed by atoms with E-state index in [2.05, 4.69) is 5.32 Å². The fourth-order valence-electron chi connectivity index (χ4n) is 2.35. The molecule has 104 valence electrons. The van der Waals surface area contributed by atoms with Gasteiger partial charge >= 0.3 is 0 Å². The molecule has 5 heteroatoms. The van der Waals surface area contributed by atoms with E-state index in [1.165, 1.54) is 11.3 Å². The molecule has 0 saturated carbocycles. The van der Waals surface area contributed by atoms with E-state index in [1.807, 2.05) is 35.7 Å². The molecule has 0 aliphatic carbocycles. The fourth-order valence-corrected chi connectivity index (χ4v) is 2.99. The van der Waals surface area contributed by atoms with Crippen molar-refractivity contribution in [2.75, 3.05) is 13.2 Å². The monoisotopic (exact) mass is 289 g/mol. The number of fused-ring (bicyclic) bond motifs is 1. The van der Waals surface area contributed by atoms with Crippen LogP contribution in [0.4, 0.5) is 0 Å². The molecule has 0 saturated heterocycles. The van der Waals surface area contributed by atoms with Crippen molar-refractivity contribution in [2.45, 2.75) is 12.0 Å². The number of rotatable bonds is 3. The predicted molar refractivity (Wildman–Crippen MR) is 77.1 cm³/mol. The zero-order valence-electron chi connectivity index (χ0n) is 10.8. The van der Waals surface area contributed by atoms with Crippen molar-refractivity contribution in [2.24, 2.45) is 0 Å². The highest BCUT2D eigenvalue weighted by Crippen LogP contribution is 2.36. The summed E-state index contributed by atoms with van der Waals surface area (Å²) in [5, 5.41) is 15.4. The largest absolute Gasteiger partial charge is 0.493 e. The molecule has 2 aromatic rings. The van der Waals surface area contributed by atoms with Crippen molar-refractivity contribution in [3.63, 3.8) is 0 Å². The second-order valence-corrected chi connectivity index (χ2v) is 5.73. The van der Waals surface area contributed by atoms with Gasteiger partial charge in [-0.15, -0.1) is 11.3 Å². The lowest BCUT2D eigenvalue weighted by Gasteiger charge is -2.34. The maximum absolute atomic E-state index is 12.0. The SMILES string of the molecule is O=C(NC[C@]1(O)CCOc2ccccc21)c1cccs1. The van der Waals surface area contributed by atoms with Gasteiger partial charge in [-0.1, -0.05) is 24.3 Å².